The zero-order valence-corrected chi connectivity index (χ0v) is 10.1. The summed E-state index contributed by atoms with van der Waals surface area (Å²) in [5.74, 6) is -12.3. The standard InChI is InChI=1S/C12F6N4/c13-5-4-3(7(15)11(9(5)17)21-1-19)6(14)10(18)12(8(4)16)22-2-20. The van der Waals surface area contributed by atoms with E-state index in [1.807, 2.05) is 0 Å². The summed E-state index contributed by atoms with van der Waals surface area (Å²) in [7, 11) is 0. The molecule has 22 heavy (non-hydrogen) atoms. The smallest absolute Gasteiger partial charge is 0.204 e. The summed E-state index contributed by atoms with van der Waals surface area (Å²) in [5, 5.41) is 16.5. The Morgan fingerprint density at radius 2 is 0.864 bits per heavy atom. The van der Waals surface area contributed by atoms with Crippen molar-refractivity contribution in [1.29, 1.82) is 10.5 Å². The van der Waals surface area contributed by atoms with Gasteiger partial charge in [0, 0.05) is 0 Å². The van der Waals surface area contributed by atoms with Crippen molar-refractivity contribution in [3.05, 3.63) is 46.1 Å². The van der Waals surface area contributed by atoms with Gasteiger partial charge in [-0.25, -0.2) is 26.3 Å². The van der Waals surface area contributed by atoms with Gasteiger partial charge >= 0.3 is 0 Å². The van der Waals surface area contributed by atoms with Crippen molar-refractivity contribution in [1.82, 2.24) is 0 Å². The maximum absolute atomic E-state index is 13.9. The molecular weight excluding hydrogens is 314 g/mol. The van der Waals surface area contributed by atoms with Crippen LogP contribution in [0.25, 0.3) is 0 Å². The molecule has 0 aromatic rings. The van der Waals surface area contributed by atoms with E-state index in [0.717, 1.165) is 12.4 Å². The molecular formula is C12F6N4. The molecule has 0 aliphatic heterocycles. The van der Waals surface area contributed by atoms with Gasteiger partial charge in [0.1, 0.15) is 0 Å². The molecule has 0 N–H and O–H groups in total. The summed E-state index contributed by atoms with van der Waals surface area (Å²) in [6, 6.07) is 0. The molecule has 0 heterocycles. The van der Waals surface area contributed by atoms with Crippen LogP contribution in [0.5, 0.6) is 0 Å². The quantitative estimate of drug-likeness (QED) is 0.506. The summed E-state index contributed by atoms with van der Waals surface area (Å²) < 4.78 is 82.6. The number of allylic oxidation sites excluding steroid dienone is 8. The van der Waals surface area contributed by atoms with Crippen LogP contribution in [-0.4, -0.2) is 11.4 Å². The van der Waals surface area contributed by atoms with Crippen molar-refractivity contribution in [2.75, 3.05) is 0 Å². The van der Waals surface area contributed by atoms with Gasteiger partial charge in [0.05, 0.1) is 11.1 Å². The fourth-order valence-corrected chi connectivity index (χ4v) is 1.78. The van der Waals surface area contributed by atoms with E-state index in [1.54, 1.807) is 0 Å². The first kappa shape index (κ1) is 15.3. The molecule has 0 aromatic heterocycles. The SMILES string of the molecule is N#CN=C1C(F)=C(F)C2=C(F)C(=NC#N)C(F)=C(F)C2=C1F. The molecule has 2 aliphatic rings. The van der Waals surface area contributed by atoms with Crippen molar-refractivity contribution in [2.24, 2.45) is 9.98 Å². The Hall–Kier alpha value is -3.14. The molecule has 0 atom stereocenters. The lowest BCUT2D eigenvalue weighted by atomic mass is 9.88. The van der Waals surface area contributed by atoms with Gasteiger partial charge in [-0.1, -0.05) is 0 Å². The molecule has 0 fully saturated rings. The molecule has 0 aromatic carbocycles. The number of nitriles is 2. The molecule has 4 nitrogen and oxygen atoms in total. The van der Waals surface area contributed by atoms with E-state index in [1.165, 1.54) is 0 Å². The second-order valence-corrected chi connectivity index (χ2v) is 3.75. The molecule has 10 heteroatoms. The van der Waals surface area contributed by atoms with Crippen LogP contribution in [0.15, 0.2) is 56.1 Å². The van der Waals surface area contributed by atoms with E-state index in [0.29, 0.717) is 0 Å². The third-order valence-corrected chi connectivity index (χ3v) is 2.67. The average Bonchev–Trinajstić information content (AvgIpc) is 2.49. The molecule has 2 rings (SSSR count). The summed E-state index contributed by atoms with van der Waals surface area (Å²) in [5.41, 5.74) is -6.23. The van der Waals surface area contributed by atoms with Crippen molar-refractivity contribution < 1.29 is 26.3 Å². The first-order valence-corrected chi connectivity index (χ1v) is 5.23. The van der Waals surface area contributed by atoms with E-state index in [-0.39, 0.29) is 0 Å². The lowest BCUT2D eigenvalue weighted by Crippen LogP contribution is -2.21. The van der Waals surface area contributed by atoms with Gasteiger partial charge in [-0.3, -0.25) is 0 Å². The Morgan fingerprint density at radius 1 is 0.545 bits per heavy atom. The van der Waals surface area contributed by atoms with Gasteiger partial charge in [-0.2, -0.15) is 20.5 Å². The number of rotatable bonds is 0. The predicted molar refractivity (Wildman–Crippen MR) is 60.8 cm³/mol. The third kappa shape index (κ3) is 1.93. The fraction of sp³-hybridized carbons (Fsp3) is 0. The third-order valence-electron chi connectivity index (χ3n) is 2.67. The molecule has 0 spiro atoms. The van der Waals surface area contributed by atoms with Gasteiger partial charge < -0.3 is 0 Å². The molecule has 0 saturated carbocycles. The van der Waals surface area contributed by atoms with E-state index in [2.05, 4.69) is 9.98 Å². The van der Waals surface area contributed by atoms with Crippen LogP contribution >= 0.6 is 0 Å². The Balaban J connectivity index is 2.93. The van der Waals surface area contributed by atoms with Gasteiger partial charge in [-0.15, -0.1) is 0 Å². The highest BCUT2D eigenvalue weighted by molar-refractivity contribution is 6.18. The Labute approximate surface area is 118 Å². The average molecular weight is 314 g/mol. The largest absolute Gasteiger partial charge is 0.206 e. The maximum Gasteiger partial charge on any atom is 0.206 e. The van der Waals surface area contributed by atoms with Gasteiger partial charge in [-0.05, 0) is 0 Å². The topological polar surface area (TPSA) is 72.3 Å². The first-order chi connectivity index (χ1) is 10.4. The number of halogens is 6. The number of aliphatic imine (C=N–C) groups is 2. The summed E-state index contributed by atoms with van der Waals surface area (Å²) in [6.07, 6.45) is 1.89. The van der Waals surface area contributed by atoms with Crippen molar-refractivity contribution in [3.8, 4) is 12.4 Å². The minimum Gasteiger partial charge on any atom is -0.204 e. The molecule has 0 bridgehead atoms. The highest BCUT2D eigenvalue weighted by Gasteiger charge is 2.43. The van der Waals surface area contributed by atoms with E-state index in [9.17, 15) is 26.3 Å². The van der Waals surface area contributed by atoms with Crippen LogP contribution in [0.4, 0.5) is 26.3 Å². The zero-order valence-electron chi connectivity index (χ0n) is 10.1. The van der Waals surface area contributed by atoms with Crippen LogP contribution in [-0.2, 0) is 0 Å². The van der Waals surface area contributed by atoms with Gasteiger partial charge in [0.2, 0.25) is 12.4 Å². The van der Waals surface area contributed by atoms with E-state index < -0.39 is 57.5 Å². The summed E-state index contributed by atoms with van der Waals surface area (Å²) >= 11 is 0. The summed E-state index contributed by atoms with van der Waals surface area (Å²) in [4.78, 5) is 5.21. The number of fused-ring (bicyclic) bond motifs is 1. The van der Waals surface area contributed by atoms with Crippen LogP contribution in [0, 0.1) is 22.9 Å². The monoisotopic (exact) mass is 314 g/mol. The number of hydrogen-bond acceptors (Lipinski definition) is 4. The van der Waals surface area contributed by atoms with E-state index in [4.69, 9.17) is 10.5 Å². The molecule has 0 amide bonds. The number of hydrogen-bond donors (Lipinski definition) is 0. The lowest BCUT2D eigenvalue weighted by molar-refractivity contribution is 0.516. The van der Waals surface area contributed by atoms with Crippen LogP contribution < -0.4 is 0 Å². The van der Waals surface area contributed by atoms with Crippen LogP contribution in [0.1, 0.15) is 0 Å². The zero-order chi connectivity index (χ0) is 16.6. The number of nitrogens with zero attached hydrogens (tertiary/aromatic N) is 4. The second-order valence-electron chi connectivity index (χ2n) is 3.75. The minimum atomic E-state index is -2.10. The lowest BCUT2D eigenvalue weighted by Gasteiger charge is -2.21. The van der Waals surface area contributed by atoms with Crippen LogP contribution in [0.3, 0.4) is 0 Å². The molecule has 0 radical (unpaired) electrons. The maximum atomic E-state index is 13.9. The molecule has 0 unspecified atom stereocenters. The summed E-state index contributed by atoms with van der Waals surface area (Å²) in [6.45, 7) is 0. The minimum absolute atomic E-state index is 0.945. The van der Waals surface area contributed by atoms with E-state index >= 15 is 0 Å². The van der Waals surface area contributed by atoms with Crippen LogP contribution in [0.2, 0.25) is 0 Å². The normalized spacial score (nSPS) is 22.4. The Bertz CT molecular complexity index is 785. The predicted octanol–water partition coefficient (Wildman–Crippen LogP) is 3.61. The van der Waals surface area contributed by atoms with Crippen molar-refractivity contribution in [3.63, 3.8) is 0 Å². The first-order valence-electron chi connectivity index (χ1n) is 5.23. The highest BCUT2D eigenvalue weighted by Crippen LogP contribution is 2.45. The van der Waals surface area contributed by atoms with Gasteiger partial charge in [0.15, 0.2) is 46.4 Å². The Kier molecular flexibility index (Phi) is 3.70. The molecule has 0 saturated heterocycles. The van der Waals surface area contributed by atoms with Crippen molar-refractivity contribution >= 4 is 11.4 Å². The van der Waals surface area contributed by atoms with Gasteiger partial charge in [0.25, 0.3) is 0 Å². The second kappa shape index (κ2) is 5.33. The van der Waals surface area contributed by atoms with Crippen molar-refractivity contribution in [2.45, 2.75) is 0 Å². The molecule has 110 valence electrons. The fourth-order valence-electron chi connectivity index (χ4n) is 1.78. The molecule has 2 aliphatic carbocycles. The Morgan fingerprint density at radius 3 is 1.14 bits per heavy atom. The highest BCUT2D eigenvalue weighted by atomic mass is 19.2.